The molecular weight excluding hydrogens is 490 g/mol. The molecule has 0 saturated carbocycles. The minimum atomic E-state index is -4.40. The molecular formula is C17H23F3IN5S. The quantitative estimate of drug-likeness (QED) is 0.338. The van der Waals surface area contributed by atoms with Crippen molar-refractivity contribution in [1.82, 2.24) is 20.5 Å². The number of hydrogen-bond acceptors (Lipinski definition) is 4. The summed E-state index contributed by atoms with van der Waals surface area (Å²) in [6.45, 7) is 2.49. The first-order valence-corrected chi connectivity index (χ1v) is 8.95. The molecule has 0 amide bonds. The fraction of sp³-hybridized carbons (Fsp3) is 0.412. The Labute approximate surface area is 178 Å². The number of aromatic nitrogens is 1. The molecule has 0 atom stereocenters. The molecule has 150 valence electrons. The predicted molar refractivity (Wildman–Crippen MR) is 114 cm³/mol. The van der Waals surface area contributed by atoms with E-state index >= 15 is 0 Å². The largest absolute Gasteiger partial charge is 0.434 e. The molecule has 0 saturated heterocycles. The normalized spacial score (nSPS) is 12.0. The number of likely N-dealkylation sites (N-methyl/N-ethyl adjacent to an activating group) is 1. The van der Waals surface area contributed by atoms with Crippen molar-refractivity contribution in [2.45, 2.75) is 19.3 Å². The highest BCUT2D eigenvalue weighted by Gasteiger charge is 2.33. The number of benzene rings is 1. The molecule has 0 aliphatic heterocycles. The molecule has 27 heavy (non-hydrogen) atoms. The summed E-state index contributed by atoms with van der Waals surface area (Å²) in [7, 11) is 3.64. The lowest BCUT2D eigenvalue weighted by Crippen LogP contribution is -2.40. The molecule has 2 rings (SSSR count). The highest BCUT2D eigenvalue weighted by Crippen LogP contribution is 2.29. The van der Waals surface area contributed by atoms with E-state index in [1.165, 1.54) is 5.56 Å². The second-order valence-electron chi connectivity index (χ2n) is 5.70. The average Bonchev–Trinajstić information content (AvgIpc) is 3.08. The molecule has 1 heterocycles. The number of guanidine groups is 1. The molecule has 0 spiro atoms. The van der Waals surface area contributed by atoms with Crippen molar-refractivity contribution in [3.8, 4) is 0 Å². The van der Waals surface area contributed by atoms with Crippen LogP contribution in [-0.2, 0) is 19.3 Å². The van der Waals surface area contributed by atoms with Gasteiger partial charge in [-0.3, -0.25) is 4.99 Å². The number of halogens is 4. The van der Waals surface area contributed by atoms with E-state index in [-0.39, 0.29) is 30.5 Å². The van der Waals surface area contributed by atoms with E-state index in [0.717, 1.165) is 29.8 Å². The zero-order valence-electron chi connectivity index (χ0n) is 15.1. The lowest BCUT2D eigenvalue weighted by molar-refractivity contribution is -0.140. The Morgan fingerprint density at radius 1 is 1.22 bits per heavy atom. The van der Waals surface area contributed by atoms with Crippen molar-refractivity contribution in [2.75, 3.05) is 27.2 Å². The summed E-state index contributed by atoms with van der Waals surface area (Å²) in [5, 5.41) is 7.50. The minimum Gasteiger partial charge on any atom is -0.355 e. The second-order valence-corrected chi connectivity index (χ2v) is 6.64. The number of nitrogens with one attached hydrogen (secondary N) is 2. The first-order chi connectivity index (χ1) is 12.4. The second kappa shape index (κ2) is 11.4. The molecule has 0 fully saturated rings. The van der Waals surface area contributed by atoms with Gasteiger partial charge in [0.15, 0.2) is 11.7 Å². The van der Waals surface area contributed by atoms with Crippen LogP contribution in [0.15, 0.2) is 40.7 Å². The maximum Gasteiger partial charge on any atom is 0.434 e. The fourth-order valence-electron chi connectivity index (χ4n) is 2.24. The van der Waals surface area contributed by atoms with E-state index < -0.39 is 11.9 Å². The van der Waals surface area contributed by atoms with Crippen molar-refractivity contribution >= 4 is 41.3 Å². The van der Waals surface area contributed by atoms with Gasteiger partial charge in [0.1, 0.15) is 5.01 Å². The van der Waals surface area contributed by atoms with Gasteiger partial charge in [0.05, 0.1) is 6.54 Å². The molecule has 2 N–H and O–H groups in total. The van der Waals surface area contributed by atoms with Gasteiger partial charge in [0, 0.05) is 32.1 Å². The molecule has 0 aliphatic carbocycles. The third-order valence-corrected chi connectivity index (χ3v) is 4.40. The molecule has 2 aromatic rings. The van der Waals surface area contributed by atoms with E-state index in [9.17, 15) is 13.2 Å². The number of alkyl halides is 3. The van der Waals surface area contributed by atoms with Crippen molar-refractivity contribution < 1.29 is 13.2 Å². The molecule has 1 aromatic carbocycles. The summed E-state index contributed by atoms with van der Waals surface area (Å²) in [6.07, 6.45) is -4.40. The maximum atomic E-state index is 12.5. The van der Waals surface area contributed by atoms with Crippen LogP contribution < -0.4 is 10.6 Å². The number of aliphatic imine (C=N–C) groups is 1. The maximum absolute atomic E-state index is 12.5. The number of nitrogens with zero attached hydrogens (tertiary/aromatic N) is 3. The Morgan fingerprint density at radius 3 is 2.52 bits per heavy atom. The molecule has 0 aliphatic rings. The lowest BCUT2D eigenvalue weighted by atomic mass is 10.2. The molecule has 5 nitrogen and oxygen atoms in total. The van der Waals surface area contributed by atoms with E-state index in [4.69, 9.17) is 0 Å². The number of hydrogen-bond donors (Lipinski definition) is 2. The summed E-state index contributed by atoms with van der Waals surface area (Å²) in [5.41, 5.74) is 0.381. The SMILES string of the molecule is CN=C(NCCN(C)Cc1ccccc1)NCc1nc(C(F)(F)F)cs1.I. The lowest BCUT2D eigenvalue weighted by Gasteiger charge is -2.18. The van der Waals surface area contributed by atoms with Crippen LogP contribution in [0.25, 0.3) is 0 Å². The summed E-state index contributed by atoms with van der Waals surface area (Å²) in [5.74, 6) is 0.530. The topological polar surface area (TPSA) is 52.6 Å². The third kappa shape index (κ3) is 8.43. The van der Waals surface area contributed by atoms with E-state index in [1.54, 1.807) is 7.05 Å². The molecule has 1 aromatic heterocycles. The summed E-state index contributed by atoms with van der Waals surface area (Å²) >= 11 is 0.974. The summed E-state index contributed by atoms with van der Waals surface area (Å²) in [4.78, 5) is 9.83. The van der Waals surface area contributed by atoms with Crippen LogP contribution in [0.5, 0.6) is 0 Å². The highest BCUT2D eigenvalue weighted by atomic mass is 127. The molecule has 0 radical (unpaired) electrons. The van der Waals surface area contributed by atoms with Crippen molar-refractivity contribution in [1.29, 1.82) is 0 Å². The van der Waals surface area contributed by atoms with Crippen molar-refractivity contribution in [3.63, 3.8) is 0 Å². The number of thiazole rings is 1. The van der Waals surface area contributed by atoms with E-state index in [0.29, 0.717) is 17.5 Å². The van der Waals surface area contributed by atoms with E-state index in [1.807, 2.05) is 25.2 Å². The van der Waals surface area contributed by atoms with Gasteiger partial charge in [-0.15, -0.1) is 35.3 Å². The zero-order valence-corrected chi connectivity index (χ0v) is 18.2. The van der Waals surface area contributed by atoms with Crippen LogP contribution in [-0.4, -0.2) is 43.0 Å². The molecule has 0 unspecified atom stereocenters. The Bertz CT molecular complexity index is 706. The minimum absolute atomic E-state index is 0. The van der Waals surface area contributed by atoms with Gasteiger partial charge in [-0.1, -0.05) is 30.3 Å². The Balaban J connectivity index is 0.00000364. The summed E-state index contributed by atoms with van der Waals surface area (Å²) < 4.78 is 37.6. The fourth-order valence-corrected chi connectivity index (χ4v) is 2.98. The van der Waals surface area contributed by atoms with Gasteiger partial charge in [-0.2, -0.15) is 13.2 Å². The first kappa shape index (κ1) is 23.6. The highest BCUT2D eigenvalue weighted by molar-refractivity contribution is 14.0. The monoisotopic (exact) mass is 513 g/mol. The number of rotatable bonds is 7. The van der Waals surface area contributed by atoms with E-state index in [2.05, 4.69) is 37.6 Å². The standard InChI is InChI=1S/C17H22F3N5S.HI/c1-21-16(23-10-15-24-14(12-26-15)17(18,19)20)22-8-9-25(2)11-13-6-4-3-5-7-13;/h3-7,12H,8-11H2,1-2H3,(H2,21,22,23);1H. The van der Waals surface area contributed by atoms with Crippen LogP contribution >= 0.6 is 35.3 Å². The summed E-state index contributed by atoms with van der Waals surface area (Å²) in [6, 6.07) is 10.2. The van der Waals surface area contributed by atoms with Gasteiger partial charge in [-0.05, 0) is 12.6 Å². The molecule has 0 bridgehead atoms. The van der Waals surface area contributed by atoms with Crippen molar-refractivity contribution in [3.05, 3.63) is 52.0 Å². The van der Waals surface area contributed by atoms with Crippen LogP contribution in [0.3, 0.4) is 0 Å². The van der Waals surface area contributed by atoms with Crippen LogP contribution in [0.1, 0.15) is 16.3 Å². The van der Waals surface area contributed by atoms with Gasteiger partial charge >= 0.3 is 6.18 Å². The van der Waals surface area contributed by atoms with Crippen LogP contribution in [0, 0.1) is 0 Å². The zero-order chi connectivity index (χ0) is 19.0. The smallest absolute Gasteiger partial charge is 0.355 e. The molecule has 10 heteroatoms. The van der Waals surface area contributed by atoms with Crippen LogP contribution in [0.2, 0.25) is 0 Å². The van der Waals surface area contributed by atoms with Crippen LogP contribution in [0.4, 0.5) is 13.2 Å². The Hall–Kier alpha value is -1.40. The van der Waals surface area contributed by atoms with Gasteiger partial charge in [0.25, 0.3) is 0 Å². The van der Waals surface area contributed by atoms with Gasteiger partial charge < -0.3 is 15.5 Å². The average molecular weight is 513 g/mol. The van der Waals surface area contributed by atoms with Gasteiger partial charge in [0.2, 0.25) is 0 Å². The third-order valence-electron chi connectivity index (χ3n) is 3.55. The predicted octanol–water partition coefficient (Wildman–Crippen LogP) is 3.58. The van der Waals surface area contributed by atoms with Gasteiger partial charge in [-0.25, -0.2) is 4.98 Å². The van der Waals surface area contributed by atoms with Crippen molar-refractivity contribution in [2.24, 2.45) is 4.99 Å². The Morgan fingerprint density at radius 2 is 1.93 bits per heavy atom. The Kier molecular flexibility index (Phi) is 10.0. The first-order valence-electron chi connectivity index (χ1n) is 8.07.